The molecule has 0 bridgehead atoms. The van der Waals surface area contributed by atoms with Crippen LogP contribution in [0.25, 0.3) is 20.7 Å². The van der Waals surface area contributed by atoms with Gasteiger partial charge in [-0.15, -0.1) is 11.3 Å². The van der Waals surface area contributed by atoms with E-state index in [1.165, 1.54) is 29.7 Å². The fourth-order valence-corrected chi connectivity index (χ4v) is 5.20. The summed E-state index contributed by atoms with van der Waals surface area (Å²) in [4.78, 5) is 24.4. The fourth-order valence-electron chi connectivity index (χ4n) is 4.14. The highest BCUT2D eigenvalue weighted by Crippen LogP contribution is 2.33. The van der Waals surface area contributed by atoms with E-state index in [9.17, 15) is 4.79 Å². The average Bonchev–Trinajstić information content (AvgIpc) is 3.47. The van der Waals surface area contributed by atoms with Gasteiger partial charge in [0.05, 0.1) is 17.8 Å². The lowest BCUT2D eigenvalue weighted by atomic mass is 10.0. The number of likely N-dealkylation sites (tertiary alicyclic amines) is 1. The summed E-state index contributed by atoms with van der Waals surface area (Å²) in [5.74, 6) is 0.765. The summed E-state index contributed by atoms with van der Waals surface area (Å²) in [6.07, 6.45) is 5.03. The van der Waals surface area contributed by atoms with Gasteiger partial charge in [-0.25, -0.2) is 4.98 Å². The van der Waals surface area contributed by atoms with E-state index in [4.69, 9.17) is 4.98 Å². The van der Waals surface area contributed by atoms with Crippen LogP contribution in [-0.4, -0.2) is 38.2 Å². The van der Waals surface area contributed by atoms with Crippen molar-refractivity contribution >= 4 is 21.6 Å². The third kappa shape index (κ3) is 3.52. The molecule has 29 heavy (non-hydrogen) atoms. The Hall–Kier alpha value is -2.77. The predicted octanol–water partition coefficient (Wildman–Crippen LogP) is 4.06. The Morgan fingerprint density at radius 2 is 2.00 bits per heavy atom. The van der Waals surface area contributed by atoms with Crippen molar-refractivity contribution in [2.75, 3.05) is 13.1 Å². The highest BCUT2D eigenvalue weighted by atomic mass is 32.1. The number of nitrogens with zero attached hydrogens (tertiary/aromatic N) is 3. The maximum Gasteiger partial charge on any atom is 0.268 e. The minimum absolute atomic E-state index is 0.0559. The Morgan fingerprint density at radius 3 is 2.72 bits per heavy atom. The first kappa shape index (κ1) is 18.3. The summed E-state index contributed by atoms with van der Waals surface area (Å²) in [7, 11) is 0. The van der Waals surface area contributed by atoms with E-state index < -0.39 is 0 Å². The summed E-state index contributed by atoms with van der Waals surface area (Å²) in [5, 5.41) is 7.07. The van der Waals surface area contributed by atoms with Gasteiger partial charge in [0.15, 0.2) is 0 Å². The van der Waals surface area contributed by atoms with E-state index in [0.717, 1.165) is 47.0 Å². The Morgan fingerprint density at radius 1 is 1.21 bits per heavy atom. The first-order valence-electron chi connectivity index (χ1n) is 10.0. The number of hydrogen-bond acceptors (Lipinski definition) is 5. The van der Waals surface area contributed by atoms with Gasteiger partial charge in [0.1, 0.15) is 10.5 Å². The number of thiophene rings is 1. The molecule has 1 aromatic carbocycles. The molecule has 4 heterocycles. The molecule has 148 valence electrons. The van der Waals surface area contributed by atoms with Crippen molar-refractivity contribution in [1.82, 2.24) is 25.1 Å². The normalized spacial score (nSPS) is 15.9. The van der Waals surface area contributed by atoms with Crippen molar-refractivity contribution in [2.45, 2.75) is 32.2 Å². The predicted molar refractivity (Wildman–Crippen MR) is 116 cm³/mol. The standard InChI is InChI=1S/C22H23N5OS/c1-14-16(13-23-26-14)19-12-17-20(29-19)22(28)25-21(24-17)18(27-9-5-6-10-27)11-15-7-3-2-4-8-15/h2-4,7-8,12-13,18H,5-6,9-11H2,1H3,(H,23,26)(H,24,25,28). The second kappa shape index (κ2) is 7.57. The Kier molecular flexibility index (Phi) is 4.77. The summed E-state index contributed by atoms with van der Waals surface area (Å²) in [5.41, 5.74) is 3.98. The number of hydrogen-bond donors (Lipinski definition) is 2. The van der Waals surface area contributed by atoms with Gasteiger partial charge in [-0.2, -0.15) is 5.10 Å². The minimum atomic E-state index is -0.0559. The number of rotatable bonds is 5. The Balaban J connectivity index is 1.57. The van der Waals surface area contributed by atoms with E-state index in [1.54, 1.807) is 6.20 Å². The number of aryl methyl sites for hydroxylation is 1. The van der Waals surface area contributed by atoms with Crippen LogP contribution in [0.3, 0.4) is 0 Å². The van der Waals surface area contributed by atoms with Crippen LogP contribution in [0.5, 0.6) is 0 Å². The molecule has 6 nitrogen and oxygen atoms in total. The lowest BCUT2D eigenvalue weighted by Gasteiger charge is -2.26. The third-order valence-electron chi connectivity index (χ3n) is 5.67. The van der Waals surface area contributed by atoms with Crippen LogP contribution >= 0.6 is 11.3 Å². The van der Waals surface area contributed by atoms with Gasteiger partial charge in [-0.05, 0) is 50.9 Å². The summed E-state index contributed by atoms with van der Waals surface area (Å²) < 4.78 is 0.671. The SMILES string of the molecule is Cc1[nH]ncc1-c1cc2nc(C(Cc3ccccc3)N3CCCC3)[nH]c(=O)c2s1. The summed E-state index contributed by atoms with van der Waals surface area (Å²) in [6, 6.07) is 12.5. The van der Waals surface area contributed by atoms with E-state index in [2.05, 4.69) is 44.3 Å². The number of aromatic amines is 2. The van der Waals surface area contributed by atoms with Crippen molar-refractivity contribution in [1.29, 1.82) is 0 Å². The molecule has 1 saturated heterocycles. The molecule has 2 N–H and O–H groups in total. The van der Waals surface area contributed by atoms with Crippen LogP contribution in [0.15, 0.2) is 47.4 Å². The number of aromatic nitrogens is 4. The minimum Gasteiger partial charge on any atom is -0.308 e. The van der Waals surface area contributed by atoms with Gasteiger partial charge in [0, 0.05) is 16.1 Å². The van der Waals surface area contributed by atoms with Crippen LogP contribution in [-0.2, 0) is 6.42 Å². The Bertz CT molecular complexity index is 1190. The molecule has 0 aliphatic carbocycles. The molecular weight excluding hydrogens is 382 g/mol. The van der Waals surface area contributed by atoms with E-state index in [-0.39, 0.29) is 11.6 Å². The zero-order valence-corrected chi connectivity index (χ0v) is 17.1. The van der Waals surface area contributed by atoms with Gasteiger partial charge >= 0.3 is 0 Å². The average molecular weight is 406 g/mol. The highest BCUT2D eigenvalue weighted by Gasteiger charge is 2.26. The maximum absolute atomic E-state index is 12.9. The number of nitrogens with one attached hydrogen (secondary N) is 2. The van der Waals surface area contributed by atoms with Gasteiger partial charge in [0.2, 0.25) is 0 Å². The number of fused-ring (bicyclic) bond motifs is 1. The quantitative estimate of drug-likeness (QED) is 0.525. The zero-order valence-electron chi connectivity index (χ0n) is 16.3. The molecular formula is C22H23N5OS. The molecule has 0 saturated carbocycles. The lowest BCUT2D eigenvalue weighted by molar-refractivity contribution is 0.234. The second-order valence-electron chi connectivity index (χ2n) is 7.63. The van der Waals surface area contributed by atoms with Gasteiger partial charge in [0.25, 0.3) is 5.56 Å². The molecule has 1 unspecified atom stereocenters. The molecule has 1 fully saturated rings. The molecule has 0 amide bonds. The molecule has 7 heteroatoms. The molecule has 4 aromatic rings. The summed E-state index contributed by atoms with van der Waals surface area (Å²) >= 11 is 1.47. The number of H-pyrrole nitrogens is 2. The van der Waals surface area contributed by atoms with Crippen LogP contribution in [0, 0.1) is 6.92 Å². The molecule has 5 rings (SSSR count). The highest BCUT2D eigenvalue weighted by molar-refractivity contribution is 7.22. The van der Waals surface area contributed by atoms with E-state index in [0.29, 0.717) is 4.70 Å². The van der Waals surface area contributed by atoms with Crippen LogP contribution < -0.4 is 5.56 Å². The van der Waals surface area contributed by atoms with Crippen molar-refractivity contribution < 1.29 is 0 Å². The fraction of sp³-hybridized carbons (Fsp3) is 0.318. The first-order chi connectivity index (χ1) is 14.2. The molecule has 0 radical (unpaired) electrons. The van der Waals surface area contributed by atoms with Crippen molar-refractivity contribution in [3.05, 3.63) is 70.0 Å². The van der Waals surface area contributed by atoms with Gasteiger partial charge in [-0.3, -0.25) is 14.8 Å². The van der Waals surface area contributed by atoms with Crippen LogP contribution in [0.1, 0.15) is 36.0 Å². The first-order valence-corrected chi connectivity index (χ1v) is 10.8. The third-order valence-corrected chi connectivity index (χ3v) is 6.82. The monoisotopic (exact) mass is 405 g/mol. The van der Waals surface area contributed by atoms with E-state index >= 15 is 0 Å². The van der Waals surface area contributed by atoms with Crippen molar-refractivity contribution in [3.8, 4) is 10.4 Å². The number of benzene rings is 1. The van der Waals surface area contributed by atoms with Gasteiger partial charge < -0.3 is 4.98 Å². The molecule has 1 aliphatic heterocycles. The lowest BCUT2D eigenvalue weighted by Crippen LogP contribution is -2.30. The Labute approximate surface area is 172 Å². The largest absolute Gasteiger partial charge is 0.308 e. The topological polar surface area (TPSA) is 77.7 Å². The van der Waals surface area contributed by atoms with Crippen LogP contribution in [0.4, 0.5) is 0 Å². The summed E-state index contributed by atoms with van der Waals surface area (Å²) in [6.45, 7) is 4.07. The molecule has 0 spiro atoms. The van der Waals surface area contributed by atoms with E-state index in [1.807, 2.05) is 19.1 Å². The second-order valence-corrected chi connectivity index (χ2v) is 8.69. The molecule has 3 aromatic heterocycles. The zero-order chi connectivity index (χ0) is 19.8. The van der Waals surface area contributed by atoms with Crippen molar-refractivity contribution in [2.24, 2.45) is 0 Å². The maximum atomic E-state index is 12.9. The van der Waals surface area contributed by atoms with Crippen molar-refractivity contribution in [3.63, 3.8) is 0 Å². The molecule has 1 aliphatic rings. The smallest absolute Gasteiger partial charge is 0.268 e. The molecule has 1 atom stereocenters. The van der Waals surface area contributed by atoms with Crippen LogP contribution in [0.2, 0.25) is 0 Å². The van der Waals surface area contributed by atoms with Gasteiger partial charge in [-0.1, -0.05) is 30.3 Å².